The normalized spacial score (nSPS) is 20.5. The molecule has 0 aliphatic carbocycles. The second-order valence-electron chi connectivity index (χ2n) is 6.07. The predicted octanol–water partition coefficient (Wildman–Crippen LogP) is 4.02. The number of rotatable bonds is 6. The zero-order chi connectivity index (χ0) is 14.4. The first-order valence-corrected chi connectivity index (χ1v) is 8.09. The molecule has 1 aliphatic rings. The highest BCUT2D eigenvalue weighted by Crippen LogP contribution is 2.18. The van der Waals surface area contributed by atoms with E-state index in [2.05, 4.69) is 30.9 Å². The Morgan fingerprint density at radius 1 is 1.40 bits per heavy atom. The molecule has 1 heterocycles. The molecule has 20 heavy (non-hydrogen) atoms. The lowest BCUT2D eigenvalue weighted by Crippen LogP contribution is -2.38. The van der Waals surface area contributed by atoms with Crippen molar-refractivity contribution in [1.82, 2.24) is 4.90 Å². The monoisotopic (exact) mass is 295 g/mol. The number of benzene rings is 1. The highest BCUT2D eigenvalue weighted by Gasteiger charge is 2.20. The number of halogens is 1. The summed E-state index contributed by atoms with van der Waals surface area (Å²) < 4.78 is 5.76. The Labute approximate surface area is 128 Å². The molecule has 1 atom stereocenters. The molecule has 1 aromatic rings. The summed E-state index contributed by atoms with van der Waals surface area (Å²) >= 11 is 6.03. The number of piperidine rings is 1. The third-order valence-corrected chi connectivity index (χ3v) is 4.11. The van der Waals surface area contributed by atoms with Gasteiger partial charge in [-0.2, -0.15) is 0 Å². The topological polar surface area (TPSA) is 12.5 Å². The molecule has 0 N–H and O–H groups in total. The summed E-state index contributed by atoms with van der Waals surface area (Å²) in [5.41, 5.74) is 1.33. The molecule has 0 radical (unpaired) electrons. The summed E-state index contributed by atoms with van der Waals surface area (Å²) in [6, 6.07) is 8.21. The maximum Gasteiger partial charge on any atom is 0.0519 e. The van der Waals surface area contributed by atoms with E-state index in [1.54, 1.807) is 0 Å². The zero-order valence-corrected chi connectivity index (χ0v) is 13.4. The van der Waals surface area contributed by atoms with E-state index < -0.39 is 0 Å². The van der Waals surface area contributed by atoms with Gasteiger partial charge in [-0.1, -0.05) is 23.7 Å². The van der Waals surface area contributed by atoms with Gasteiger partial charge in [0.1, 0.15) is 0 Å². The second-order valence-corrected chi connectivity index (χ2v) is 6.51. The molecular formula is C17H26ClNO. The van der Waals surface area contributed by atoms with E-state index in [0.29, 0.717) is 12.0 Å². The molecular weight excluding hydrogens is 270 g/mol. The van der Waals surface area contributed by atoms with Crippen LogP contribution in [0.15, 0.2) is 24.3 Å². The first-order chi connectivity index (χ1) is 9.63. The van der Waals surface area contributed by atoms with Gasteiger partial charge in [0.15, 0.2) is 0 Å². The molecule has 0 bridgehead atoms. The third kappa shape index (κ3) is 5.43. The van der Waals surface area contributed by atoms with E-state index in [4.69, 9.17) is 16.3 Å². The Hall–Kier alpha value is -0.570. The van der Waals surface area contributed by atoms with Crippen molar-refractivity contribution in [1.29, 1.82) is 0 Å². The van der Waals surface area contributed by atoms with Crippen LogP contribution in [-0.2, 0) is 11.2 Å². The highest BCUT2D eigenvalue weighted by atomic mass is 35.5. The molecule has 1 unspecified atom stereocenters. The molecule has 1 saturated heterocycles. The maximum atomic E-state index is 6.03. The number of hydrogen-bond acceptors (Lipinski definition) is 2. The molecule has 2 nitrogen and oxygen atoms in total. The molecule has 0 saturated carbocycles. The summed E-state index contributed by atoms with van der Waals surface area (Å²) in [4.78, 5) is 2.57. The lowest BCUT2D eigenvalue weighted by Gasteiger charge is -2.33. The van der Waals surface area contributed by atoms with Crippen LogP contribution in [0.2, 0.25) is 5.02 Å². The van der Waals surface area contributed by atoms with Crippen LogP contribution in [0.5, 0.6) is 0 Å². The van der Waals surface area contributed by atoms with Gasteiger partial charge in [-0.15, -0.1) is 0 Å². The first kappa shape index (κ1) is 15.8. The molecule has 3 heteroatoms. The van der Waals surface area contributed by atoms with Gasteiger partial charge in [-0.25, -0.2) is 0 Å². The van der Waals surface area contributed by atoms with Crippen molar-refractivity contribution in [3.8, 4) is 0 Å². The average molecular weight is 296 g/mol. The number of ether oxygens (including phenoxy) is 1. The molecule has 1 fully saturated rings. The summed E-state index contributed by atoms with van der Waals surface area (Å²) in [7, 11) is 0. The first-order valence-electron chi connectivity index (χ1n) is 7.72. The van der Waals surface area contributed by atoms with Crippen LogP contribution in [0, 0.1) is 5.92 Å². The van der Waals surface area contributed by atoms with Gasteiger partial charge in [0.25, 0.3) is 0 Å². The van der Waals surface area contributed by atoms with Gasteiger partial charge < -0.3 is 9.64 Å². The molecule has 0 amide bonds. The molecule has 0 aromatic heterocycles. The second kappa shape index (κ2) is 8.02. The van der Waals surface area contributed by atoms with E-state index >= 15 is 0 Å². The molecule has 112 valence electrons. The van der Waals surface area contributed by atoms with Crippen molar-refractivity contribution in [3.05, 3.63) is 34.9 Å². The standard InChI is InChI=1S/C17H26ClNO/c1-14(2)20-13-16-6-4-9-19(12-16)10-8-15-5-3-7-17(18)11-15/h3,5,7,11,14,16H,4,6,8-10,12-13H2,1-2H3. The van der Waals surface area contributed by atoms with Crippen molar-refractivity contribution < 1.29 is 4.74 Å². The summed E-state index contributed by atoms with van der Waals surface area (Å²) in [5, 5.41) is 0.837. The van der Waals surface area contributed by atoms with Gasteiger partial charge in [-0.05, 0) is 63.3 Å². The van der Waals surface area contributed by atoms with Gasteiger partial charge in [-0.3, -0.25) is 0 Å². The van der Waals surface area contributed by atoms with E-state index in [9.17, 15) is 0 Å². The van der Waals surface area contributed by atoms with Gasteiger partial charge in [0.05, 0.1) is 12.7 Å². The van der Waals surface area contributed by atoms with Crippen LogP contribution < -0.4 is 0 Å². The minimum Gasteiger partial charge on any atom is -0.378 e. The fourth-order valence-corrected chi connectivity index (χ4v) is 3.01. The highest BCUT2D eigenvalue weighted by molar-refractivity contribution is 6.30. The Balaban J connectivity index is 1.75. The predicted molar refractivity (Wildman–Crippen MR) is 85.4 cm³/mol. The molecule has 0 spiro atoms. The number of nitrogens with zero attached hydrogens (tertiary/aromatic N) is 1. The van der Waals surface area contributed by atoms with Crippen LogP contribution in [-0.4, -0.2) is 37.2 Å². The summed E-state index contributed by atoms with van der Waals surface area (Å²) in [6.07, 6.45) is 4.03. The molecule has 1 aliphatic heterocycles. The van der Waals surface area contributed by atoms with E-state index in [0.717, 1.165) is 24.6 Å². The van der Waals surface area contributed by atoms with Crippen LogP contribution in [0.4, 0.5) is 0 Å². The smallest absolute Gasteiger partial charge is 0.0519 e. The van der Waals surface area contributed by atoms with Gasteiger partial charge >= 0.3 is 0 Å². The third-order valence-electron chi connectivity index (χ3n) is 3.87. The van der Waals surface area contributed by atoms with Crippen LogP contribution in [0.25, 0.3) is 0 Å². The van der Waals surface area contributed by atoms with Gasteiger partial charge in [0, 0.05) is 18.1 Å². The van der Waals surface area contributed by atoms with Crippen molar-refractivity contribution in [2.45, 2.75) is 39.2 Å². The van der Waals surface area contributed by atoms with Gasteiger partial charge in [0.2, 0.25) is 0 Å². The quantitative estimate of drug-likeness (QED) is 0.786. The maximum absolute atomic E-state index is 6.03. The van der Waals surface area contributed by atoms with Crippen molar-refractivity contribution in [3.63, 3.8) is 0 Å². The van der Waals surface area contributed by atoms with E-state index in [-0.39, 0.29) is 0 Å². The Kier molecular flexibility index (Phi) is 6.34. The average Bonchev–Trinajstić information content (AvgIpc) is 2.43. The largest absolute Gasteiger partial charge is 0.378 e. The zero-order valence-electron chi connectivity index (χ0n) is 12.6. The Morgan fingerprint density at radius 3 is 3.00 bits per heavy atom. The Bertz CT molecular complexity index is 408. The SMILES string of the molecule is CC(C)OCC1CCCN(CCc2cccc(Cl)c2)C1. The summed E-state index contributed by atoms with van der Waals surface area (Å²) in [6.45, 7) is 8.65. The number of hydrogen-bond donors (Lipinski definition) is 0. The molecule has 1 aromatic carbocycles. The lowest BCUT2D eigenvalue weighted by atomic mass is 9.98. The minimum absolute atomic E-state index is 0.344. The summed E-state index contributed by atoms with van der Waals surface area (Å²) in [5.74, 6) is 0.700. The molecule has 2 rings (SSSR count). The van der Waals surface area contributed by atoms with E-state index in [1.165, 1.54) is 31.5 Å². The van der Waals surface area contributed by atoms with Crippen molar-refractivity contribution >= 4 is 11.6 Å². The fraction of sp³-hybridized carbons (Fsp3) is 0.647. The number of likely N-dealkylation sites (tertiary alicyclic amines) is 1. The van der Waals surface area contributed by atoms with Crippen LogP contribution in [0.1, 0.15) is 32.3 Å². The lowest BCUT2D eigenvalue weighted by molar-refractivity contribution is 0.0263. The Morgan fingerprint density at radius 2 is 2.25 bits per heavy atom. The fourth-order valence-electron chi connectivity index (χ4n) is 2.80. The van der Waals surface area contributed by atoms with Crippen molar-refractivity contribution in [2.75, 3.05) is 26.2 Å². The van der Waals surface area contributed by atoms with Crippen molar-refractivity contribution in [2.24, 2.45) is 5.92 Å². The minimum atomic E-state index is 0.344. The van der Waals surface area contributed by atoms with Crippen LogP contribution >= 0.6 is 11.6 Å². The van der Waals surface area contributed by atoms with Crippen LogP contribution in [0.3, 0.4) is 0 Å². The van der Waals surface area contributed by atoms with E-state index in [1.807, 2.05) is 12.1 Å².